The Morgan fingerprint density at radius 3 is 2.60 bits per heavy atom. The van der Waals surface area contributed by atoms with Gasteiger partial charge in [-0.3, -0.25) is 4.98 Å². The lowest BCUT2D eigenvalue weighted by Gasteiger charge is -2.34. The molecule has 3 rings (SSSR count). The predicted molar refractivity (Wildman–Crippen MR) is 77.6 cm³/mol. The van der Waals surface area contributed by atoms with Crippen LogP contribution in [0.25, 0.3) is 11.0 Å². The number of aliphatic hydroxyl groups excluding tert-OH is 2. The van der Waals surface area contributed by atoms with Crippen molar-refractivity contribution in [3.05, 3.63) is 30.5 Å². The van der Waals surface area contributed by atoms with E-state index in [1.165, 1.54) is 0 Å². The van der Waals surface area contributed by atoms with E-state index in [0.29, 0.717) is 0 Å². The highest BCUT2D eigenvalue weighted by atomic mass is 16.3. The molecule has 5 heteroatoms. The molecule has 0 amide bonds. The summed E-state index contributed by atoms with van der Waals surface area (Å²) in [6.07, 6.45) is 2.96. The molecule has 0 aliphatic carbocycles. The topological polar surface area (TPSA) is 69.5 Å². The number of hydrogen-bond donors (Lipinski definition) is 2. The minimum absolute atomic E-state index is 0.152. The average Bonchev–Trinajstić information content (AvgIpc) is 2.54. The minimum Gasteiger partial charge on any atom is -0.394 e. The molecule has 2 N–H and O–H groups in total. The van der Waals surface area contributed by atoms with Gasteiger partial charge in [0, 0.05) is 13.1 Å². The molecule has 106 valence electrons. The summed E-state index contributed by atoms with van der Waals surface area (Å²) >= 11 is 0. The summed E-state index contributed by atoms with van der Waals surface area (Å²) < 4.78 is 0. The lowest BCUT2D eigenvalue weighted by molar-refractivity contribution is 0.0376. The van der Waals surface area contributed by atoms with E-state index in [-0.39, 0.29) is 12.5 Å². The zero-order valence-corrected chi connectivity index (χ0v) is 11.3. The van der Waals surface area contributed by atoms with E-state index in [4.69, 9.17) is 5.11 Å². The molecule has 0 spiro atoms. The Labute approximate surface area is 117 Å². The molecule has 1 aliphatic rings. The molecule has 0 radical (unpaired) electrons. The molecule has 0 saturated carbocycles. The van der Waals surface area contributed by atoms with Gasteiger partial charge in [0.15, 0.2) is 0 Å². The first kappa shape index (κ1) is 13.3. The standard InChI is InChI=1S/C15H19N3O2/c19-10-14(20)11-5-7-18(8-6-11)15-9-16-12-3-1-2-4-13(12)17-15/h1-4,9,11,14,19-20H,5-8,10H2. The fourth-order valence-electron chi connectivity index (χ4n) is 2.76. The quantitative estimate of drug-likeness (QED) is 0.879. The number of fused-ring (bicyclic) bond motifs is 1. The number of nitrogens with zero attached hydrogens (tertiary/aromatic N) is 3. The fraction of sp³-hybridized carbons (Fsp3) is 0.467. The van der Waals surface area contributed by atoms with E-state index in [9.17, 15) is 5.11 Å². The van der Waals surface area contributed by atoms with Crippen LogP contribution in [0.1, 0.15) is 12.8 Å². The molecule has 1 fully saturated rings. The van der Waals surface area contributed by atoms with Gasteiger partial charge in [0.25, 0.3) is 0 Å². The maximum absolute atomic E-state index is 9.68. The lowest BCUT2D eigenvalue weighted by Crippen LogP contribution is -2.39. The largest absolute Gasteiger partial charge is 0.394 e. The molecule has 2 heterocycles. The number of para-hydroxylation sites is 2. The fourth-order valence-corrected chi connectivity index (χ4v) is 2.76. The van der Waals surface area contributed by atoms with Gasteiger partial charge < -0.3 is 15.1 Å². The third-order valence-corrected chi connectivity index (χ3v) is 4.03. The van der Waals surface area contributed by atoms with Gasteiger partial charge in [0.1, 0.15) is 5.82 Å². The summed E-state index contributed by atoms with van der Waals surface area (Å²) in [6.45, 7) is 1.53. The minimum atomic E-state index is -0.597. The van der Waals surface area contributed by atoms with Crippen LogP contribution in [0.15, 0.2) is 30.5 Å². The van der Waals surface area contributed by atoms with E-state index in [1.807, 2.05) is 30.5 Å². The van der Waals surface area contributed by atoms with E-state index < -0.39 is 6.10 Å². The van der Waals surface area contributed by atoms with Crippen LogP contribution >= 0.6 is 0 Å². The normalized spacial score (nSPS) is 18.4. The van der Waals surface area contributed by atoms with Crippen molar-refractivity contribution in [1.82, 2.24) is 9.97 Å². The van der Waals surface area contributed by atoms with Crippen molar-refractivity contribution >= 4 is 16.9 Å². The van der Waals surface area contributed by atoms with Crippen LogP contribution in [-0.2, 0) is 0 Å². The second kappa shape index (κ2) is 5.73. The summed E-state index contributed by atoms with van der Waals surface area (Å²) in [4.78, 5) is 11.3. The van der Waals surface area contributed by atoms with Gasteiger partial charge in [0.05, 0.1) is 29.9 Å². The number of hydrogen-bond acceptors (Lipinski definition) is 5. The molecule has 1 unspecified atom stereocenters. The van der Waals surface area contributed by atoms with Crippen LogP contribution in [0, 0.1) is 5.92 Å². The smallest absolute Gasteiger partial charge is 0.147 e. The number of rotatable bonds is 3. The number of benzene rings is 1. The van der Waals surface area contributed by atoms with Crippen molar-refractivity contribution in [2.24, 2.45) is 5.92 Å². The monoisotopic (exact) mass is 273 g/mol. The second-order valence-electron chi connectivity index (χ2n) is 5.29. The van der Waals surface area contributed by atoms with Crippen molar-refractivity contribution < 1.29 is 10.2 Å². The predicted octanol–water partition coefficient (Wildman–Crippen LogP) is 1.20. The molecule has 2 aromatic rings. The SMILES string of the molecule is OCC(O)C1CCN(c2cnc3ccccc3n2)CC1. The molecule has 1 aromatic carbocycles. The summed E-state index contributed by atoms with van der Waals surface area (Å²) in [5.41, 5.74) is 1.81. The molecule has 1 aromatic heterocycles. The first-order valence-electron chi connectivity index (χ1n) is 7.03. The van der Waals surface area contributed by atoms with E-state index >= 15 is 0 Å². The highest BCUT2D eigenvalue weighted by Gasteiger charge is 2.25. The van der Waals surface area contributed by atoms with Crippen molar-refractivity contribution in [3.8, 4) is 0 Å². The van der Waals surface area contributed by atoms with Crippen LogP contribution in [-0.4, -0.2) is 46.0 Å². The lowest BCUT2D eigenvalue weighted by atomic mass is 9.91. The first-order chi connectivity index (χ1) is 9.78. The Kier molecular flexibility index (Phi) is 3.80. The highest BCUT2D eigenvalue weighted by Crippen LogP contribution is 2.24. The average molecular weight is 273 g/mol. The van der Waals surface area contributed by atoms with Crippen LogP contribution in [0.3, 0.4) is 0 Å². The second-order valence-corrected chi connectivity index (χ2v) is 5.29. The zero-order chi connectivity index (χ0) is 13.9. The van der Waals surface area contributed by atoms with Gasteiger partial charge in [-0.2, -0.15) is 0 Å². The van der Waals surface area contributed by atoms with Gasteiger partial charge >= 0.3 is 0 Å². The molecule has 1 saturated heterocycles. The number of anilines is 1. The van der Waals surface area contributed by atoms with Crippen LogP contribution in [0.5, 0.6) is 0 Å². The third-order valence-electron chi connectivity index (χ3n) is 4.03. The van der Waals surface area contributed by atoms with E-state index in [1.54, 1.807) is 0 Å². The molecular weight excluding hydrogens is 254 g/mol. The number of aromatic nitrogens is 2. The summed E-state index contributed by atoms with van der Waals surface area (Å²) in [6, 6.07) is 7.84. The number of aliphatic hydroxyl groups is 2. The Morgan fingerprint density at radius 1 is 1.20 bits per heavy atom. The highest BCUT2D eigenvalue weighted by molar-refractivity contribution is 5.75. The van der Waals surface area contributed by atoms with Gasteiger partial charge in [-0.05, 0) is 30.9 Å². The van der Waals surface area contributed by atoms with Crippen molar-refractivity contribution in [3.63, 3.8) is 0 Å². The van der Waals surface area contributed by atoms with Gasteiger partial charge in [-0.25, -0.2) is 4.98 Å². The Bertz CT molecular complexity index is 582. The van der Waals surface area contributed by atoms with Gasteiger partial charge in [-0.1, -0.05) is 12.1 Å². The summed E-state index contributed by atoms with van der Waals surface area (Å²) in [5, 5.41) is 18.7. The van der Waals surface area contributed by atoms with Gasteiger partial charge in [-0.15, -0.1) is 0 Å². The van der Waals surface area contributed by atoms with Crippen molar-refractivity contribution in [1.29, 1.82) is 0 Å². The van der Waals surface area contributed by atoms with Crippen LogP contribution in [0.2, 0.25) is 0 Å². The van der Waals surface area contributed by atoms with Crippen molar-refractivity contribution in [2.45, 2.75) is 18.9 Å². The van der Waals surface area contributed by atoms with Gasteiger partial charge in [0.2, 0.25) is 0 Å². The summed E-state index contributed by atoms with van der Waals surface area (Å²) in [7, 11) is 0. The Hall–Kier alpha value is -1.72. The molecule has 1 aliphatic heterocycles. The summed E-state index contributed by atoms with van der Waals surface area (Å²) in [5.74, 6) is 1.07. The number of piperidine rings is 1. The molecule has 20 heavy (non-hydrogen) atoms. The van der Waals surface area contributed by atoms with Crippen LogP contribution in [0.4, 0.5) is 5.82 Å². The van der Waals surface area contributed by atoms with E-state index in [2.05, 4.69) is 14.9 Å². The molecular formula is C15H19N3O2. The van der Waals surface area contributed by atoms with E-state index in [0.717, 1.165) is 42.8 Å². The first-order valence-corrected chi connectivity index (χ1v) is 7.03. The van der Waals surface area contributed by atoms with Crippen molar-refractivity contribution in [2.75, 3.05) is 24.6 Å². The Balaban J connectivity index is 1.73. The third kappa shape index (κ3) is 2.59. The maximum atomic E-state index is 9.68. The molecule has 0 bridgehead atoms. The molecule has 1 atom stereocenters. The Morgan fingerprint density at radius 2 is 1.90 bits per heavy atom. The zero-order valence-electron chi connectivity index (χ0n) is 11.3. The maximum Gasteiger partial charge on any atom is 0.147 e. The molecule has 5 nitrogen and oxygen atoms in total. The van der Waals surface area contributed by atoms with Crippen LogP contribution < -0.4 is 4.90 Å².